The van der Waals surface area contributed by atoms with Crippen molar-refractivity contribution >= 4 is 0 Å². The molecular formula is C11H26N2O. The Balaban J connectivity index is 4.10. The summed E-state index contributed by atoms with van der Waals surface area (Å²) < 4.78 is 0. The van der Waals surface area contributed by atoms with E-state index in [1.54, 1.807) is 0 Å². The first-order chi connectivity index (χ1) is 6.73. The molecule has 3 heteroatoms. The Morgan fingerprint density at radius 3 is 1.71 bits per heavy atom. The molecule has 14 heavy (non-hydrogen) atoms. The molecule has 0 rings (SSSR count). The summed E-state index contributed by atoms with van der Waals surface area (Å²) in [6, 6.07) is 0.296. The van der Waals surface area contributed by atoms with Crippen molar-refractivity contribution in [1.82, 2.24) is 9.80 Å². The lowest BCUT2D eigenvalue weighted by Gasteiger charge is -2.32. The third-order valence-electron chi connectivity index (χ3n) is 2.90. The Labute approximate surface area is 88.7 Å². The molecule has 0 aliphatic heterocycles. The molecular weight excluding hydrogens is 176 g/mol. The van der Waals surface area contributed by atoms with Gasteiger partial charge in [-0.05, 0) is 26.2 Å². The zero-order valence-electron chi connectivity index (χ0n) is 10.2. The Morgan fingerprint density at radius 2 is 1.43 bits per heavy atom. The number of rotatable bonds is 8. The van der Waals surface area contributed by atoms with Gasteiger partial charge in [0.1, 0.15) is 0 Å². The summed E-state index contributed by atoms with van der Waals surface area (Å²) in [5.74, 6) is 0. The maximum absolute atomic E-state index is 9.33. The molecule has 0 aliphatic rings. The molecule has 86 valence electrons. The van der Waals surface area contributed by atoms with E-state index in [0.717, 1.165) is 32.7 Å². The van der Waals surface area contributed by atoms with E-state index in [0.29, 0.717) is 6.04 Å². The summed E-state index contributed by atoms with van der Waals surface area (Å²) in [5.41, 5.74) is 0. The molecule has 0 saturated carbocycles. The smallest absolute Gasteiger partial charge is 0.0599 e. The Hall–Kier alpha value is -0.120. The summed E-state index contributed by atoms with van der Waals surface area (Å²) in [6.45, 7) is 14.0. The van der Waals surface area contributed by atoms with Crippen LogP contribution in [0, 0.1) is 0 Å². The van der Waals surface area contributed by atoms with Gasteiger partial charge < -0.3 is 10.0 Å². The Bertz CT molecular complexity index is 122. The SMILES string of the molecule is CCN(CC)CC(CO)N(CC)CC. The highest BCUT2D eigenvalue weighted by molar-refractivity contribution is 4.72. The van der Waals surface area contributed by atoms with Crippen LogP contribution in [0.5, 0.6) is 0 Å². The molecule has 1 atom stereocenters. The quantitative estimate of drug-likeness (QED) is 0.637. The van der Waals surface area contributed by atoms with E-state index >= 15 is 0 Å². The van der Waals surface area contributed by atoms with Crippen LogP contribution >= 0.6 is 0 Å². The van der Waals surface area contributed by atoms with Crippen molar-refractivity contribution in [2.45, 2.75) is 33.7 Å². The van der Waals surface area contributed by atoms with Crippen molar-refractivity contribution in [2.24, 2.45) is 0 Å². The maximum atomic E-state index is 9.33. The van der Waals surface area contributed by atoms with E-state index in [1.807, 2.05) is 0 Å². The van der Waals surface area contributed by atoms with Crippen molar-refractivity contribution in [1.29, 1.82) is 0 Å². The van der Waals surface area contributed by atoms with Crippen LogP contribution in [0.15, 0.2) is 0 Å². The minimum atomic E-state index is 0.262. The first kappa shape index (κ1) is 13.9. The van der Waals surface area contributed by atoms with Crippen LogP contribution in [0.1, 0.15) is 27.7 Å². The van der Waals surface area contributed by atoms with E-state index in [2.05, 4.69) is 37.5 Å². The van der Waals surface area contributed by atoms with E-state index in [-0.39, 0.29) is 6.61 Å². The van der Waals surface area contributed by atoms with Crippen LogP contribution in [-0.4, -0.2) is 60.3 Å². The van der Waals surface area contributed by atoms with Crippen LogP contribution in [0.3, 0.4) is 0 Å². The molecule has 0 fully saturated rings. The molecule has 3 nitrogen and oxygen atoms in total. The number of likely N-dealkylation sites (N-methyl/N-ethyl adjacent to an activating group) is 2. The average molecular weight is 202 g/mol. The minimum absolute atomic E-state index is 0.262. The fourth-order valence-electron chi connectivity index (χ4n) is 1.81. The van der Waals surface area contributed by atoms with Crippen molar-refractivity contribution in [3.63, 3.8) is 0 Å². The second-order valence-electron chi connectivity index (χ2n) is 3.54. The first-order valence-corrected chi connectivity index (χ1v) is 5.80. The highest BCUT2D eigenvalue weighted by Crippen LogP contribution is 2.01. The molecule has 0 aliphatic carbocycles. The largest absolute Gasteiger partial charge is 0.395 e. The van der Waals surface area contributed by atoms with Gasteiger partial charge in [-0.3, -0.25) is 4.90 Å². The third kappa shape index (κ3) is 4.40. The van der Waals surface area contributed by atoms with E-state index in [9.17, 15) is 5.11 Å². The minimum Gasteiger partial charge on any atom is -0.395 e. The molecule has 0 saturated heterocycles. The molecule has 0 heterocycles. The number of nitrogens with zero attached hydrogens (tertiary/aromatic N) is 2. The molecule has 0 aromatic rings. The van der Waals surface area contributed by atoms with Gasteiger partial charge in [0.05, 0.1) is 6.61 Å². The molecule has 0 aromatic heterocycles. The van der Waals surface area contributed by atoms with Gasteiger partial charge in [-0.15, -0.1) is 0 Å². The lowest BCUT2D eigenvalue weighted by Crippen LogP contribution is -2.46. The molecule has 1 unspecified atom stereocenters. The first-order valence-electron chi connectivity index (χ1n) is 5.80. The van der Waals surface area contributed by atoms with Crippen molar-refractivity contribution in [3.8, 4) is 0 Å². The van der Waals surface area contributed by atoms with E-state index < -0.39 is 0 Å². The summed E-state index contributed by atoms with van der Waals surface area (Å²) in [7, 11) is 0. The average Bonchev–Trinajstić information content (AvgIpc) is 2.24. The molecule has 0 radical (unpaired) electrons. The highest BCUT2D eigenvalue weighted by Gasteiger charge is 2.16. The summed E-state index contributed by atoms with van der Waals surface area (Å²) in [5, 5.41) is 9.33. The van der Waals surface area contributed by atoms with Crippen LogP contribution in [0.25, 0.3) is 0 Å². The van der Waals surface area contributed by atoms with Crippen LogP contribution in [0.4, 0.5) is 0 Å². The second-order valence-corrected chi connectivity index (χ2v) is 3.54. The van der Waals surface area contributed by atoms with Gasteiger partial charge >= 0.3 is 0 Å². The maximum Gasteiger partial charge on any atom is 0.0599 e. The normalized spacial score (nSPS) is 13.9. The summed E-state index contributed by atoms with van der Waals surface area (Å²) in [6.07, 6.45) is 0. The van der Waals surface area contributed by atoms with Gasteiger partial charge in [0.2, 0.25) is 0 Å². The summed E-state index contributed by atoms with van der Waals surface area (Å²) in [4.78, 5) is 4.68. The number of hydrogen-bond acceptors (Lipinski definition) is 3. The fraction of sp³-hybridized carbons (Fsp3) is 1.00. The lowest BCUT2D eigenvalue weighted by atomic mass is 10.2. The third-order valence-corrected chi connectivity index (χ3v) is 2.90. The van der Waals surface area contributed by atoms with Crippen LogP contribution in [-0.2, 0) is 0 Å². The Morgan fingerprint density at radius 1 is 0.929 bits per heavy atom. The molecule has 1 N–H and O–H groups in total. The topological polar surface area (TPSA) is 26.7 Å². The number of aliphatic hydroxyl groups is 1. The van der Waals surface area contributed by atoms with Gasteiger partial charge in [0.15, 0.2) is 0 Å². The number of hydrogen-bond donors (Lipinski definition) is 1. The van der Waals surface area contributed by atoms with E-state index in [4.69, 9.17) is 0 Å². The second kappa shape index (κ2) is 8.21. The summed E-state index contributed by atoms with van der Waals surface area (Å²) >= 11 is 0. The van der Waals surface area contributed by atoms with E-state index in [1.165, 1.54) is 0 Å². The van der Waals surface area contributed by atoms with Gasteiger partial charge in [-0.25, -0.2) is 0 Å². The highest BCUT2D eigenvalue weighted by atomic mass is 16.3. The lowest BCUT2D eigenvalue weighted by molar-refractivity contribution is 0.0979. The predicted molar refractivity (Wildman–Crippen MR) is 61.6 cm³/mol. The van der Waals surface area contributed by atoms with Crippen molar-refractivity contribution in [2.75, 3.05) is 39.3 Å². The van der Waals surface area contributed by atoms with Gasteiger partial charge in [0, 0.05) is 12.6 Å². The van der Waals surface area contributed by atoms with Crippen LogP contribution < -0.4 is 0 Å². The van der Waals surface area contributed by atoms with Crippen molar-refractivity contribution < 1.29 is 5.11 Å². The standard InChI is InChI=1S/C11H26N2O/c1-5-12(6-2)9-11(10-14)13(7-3)8-4/h11,14H,5-10H2,1-4H3. The monoisotopic (exact) mass is 202 g/mol. The zero-order chi connectivity index (χ0) is 11.0. The molecule has 0 amide bonds. The van der Waals surface area contributed by atoms with Gasteiger partial charge in [-0.1, -0.05) is 27.7 Å². The van der Waals surface area contributed by atoms with Crippen molar-refractivity contribution in [3.05, 3.63) is 0 Å². The zero-order valence-corrected chi connectivity index (χ0v) is 10.2. The fourth-order valence-corrected chi connectivity index (χ4v) is 1.81. The van der Waals surface area contributed by atoms with Crippen LogP contribution in [0.2, 0.25) is 0 Å². The number of aliphatic hydroxyl groups excluding tert-OH is 1. The van der Waals surface area contributed by atoms with Gasteiger partial charge in [-0.2, -0.15) is 0 Å². The molecule has 0 spiro atoms. The van der Waals surface area contributed by atoms with Gasteiger partial charge in [0.25, 0.3) is 0 Å². The predicted octanol–water partition coefficient (Wildman–Crippen LogP) is 1.03. The molecule has 0 bridgehead atoms. The Kier molecular flexibility index (Phi) is 8.14. The molecule has 0 aromatic carbocycles.